The van der Waals surface area contributed by atoms with Gasteiger partial charge in [0, 0.05) is 31.2 Å². The van der Waals surface area contributed by atoms with Gasteiger partial charge in [0.05, 0.1) is 17.1 Å². The maximum atomic E-state index is 13.0. The highest BCUT2D eigenvalue weighted by Crippen LogP contribution is 2.22. The molecule has 2 fully saturated rings. The van der Waals surface area contributed by atoms with Crippen LogP contribution in [0, 0.1) is 0 Å². The normalized spacial score (nSPS) is 26.8. The number of sulfonamides is 1. The Hall–Kier alpha value is -1.19. The fourth-order valence-corrected chi connectivity index (χ4v) is 5.15. The molecular formula is C18H28ClN3O4S. The predicted molar refractivity (Wildman–Crippen MR) is 106 cm³/mol. The van der Waals surface area contributed by atoms with Gasteiger partial charge in [-0.25, -0.2) is 8.42 Å². The molecule has 2 saturated heterocycles. The second-order valence-corrected chi connectivity index (χ2v) is 9.06. The van der Waals surface area contributed by atoms with Crippen molar-refractivity contribution in [2.45, 2.75) is 49.8 Å². The smallest absolute Gasteiger partial charge is 0.251 e. The lowest BCUT2D eigenvalue weighted by Gasteiger charge is -2.34. The standard InChI is InChI=1S/C18H27N3O4S.ClH/c1-13-11-21(12-14(2)25-13)26(23,24)17-7-3-5-15(9-17)18(22)20-16-6-4-8-19-10-16;/h3,5,7,9,13-14,16,19H,4,6,8,10-12H2,1-2H3,(H,20,22);1H/t13?,14?,16-;/m0./s1. The highest BCUT2D eigenvalue weighted by Gasteiger charge is 2.32. The van der Waals surface area contributed by atoms with Gasteiger partial charge >= 0.3 is 0 Å². The SMILES string of the molecule is CC1CN(S(=O)(=O)c2cccc(C(=O)N[C@H]3CCCNC3)c2)CC(C)O1.Cl. The van der Waals surface area contributed by atoms with E-state index in [1.807, 2.05) is 13.8 Å². The number of morpholine rings is 1. The van der Waals surface area contributed by atoms with Gasteiger partial charge in [-0.3, -0.25) is 4.79 Å². The first-order valence-corrected chi connectivity index (χ1v) is 10.6. The van der Waals surface area contributed by atoms with Crippen molar-refractivity contribution in [1.29, 1.82) is 0 Å². The fraction of sp³-hybridized carbons (Fsp3) is 0.611. The zero-order chi connectivity index (χ0) is 18.7. The van der Waals surface area contributed by atoms with E-state index in [2.05, 4.69) is 10.6 Å². The van der Waals surface area contributed by atoms with Crippen LogP contribution < -0.4 is 10.6 Å². The van der Waals surface area contributed by atoms with Crippen molar-refractivity contribution in [3.8, 4) is 0 Å². The second-order valence-electron chi connectivity index (χ2n) is 7.12. The summed E-state index contributed by atoms with van der Waals surface area (Å²) in [7, 11) is -3.66. The molecule has 2 heterocycles. The van der Waals surface area contributed by atoms with Gasteiger partial charge in [-0.1, -0.05) is 6.07 Å². The number of hydrogen-bond donors (Lipinski definition) is 2. The molecule has 2 N–H and O–H groups in total. The van der Waals surface area contributed by atoms with Crippen molar-refractivity contribution in [2.75, 3.05) is 26.2 Å². The highest BCUT2D eigenvalue weighted by atomic mass is 35.5. The highest BCUT2D eigenvalue weighted by molar-refractivity contribution is 7.89. The van der Waals surface area contributed by atoms with E-state index < -0.39 is 10.0 Å². The monoisotopic (exact) mass is 417 g/mol. The molecule has 3 atom stereocenters. The van der Waals surface area contributed by atoms with Crippen LogP contribution in [0.1, 0.15) is 37.0 Å². The van der Waals surface area contributed by atoms with Crippen molar-refractivity contribution in [2.24, 2.45) is 0 Å². The summed E-state index contributed by atoms with van der Waals surface area (Å²) in [4.78, 5) is 12.7. The summed E-state index contributed by atoms with van der Waals surface area (Å²) < 4.78 is 33.0. The number of nitrogens with one attached hydrogen (secondary N) is 2. The molecular weight excluding hydrogens is 390 g/mol. The number of carbonyl (C=O) groups excluding carboxylic acids is 1. The Labute approximate surface area is 167 Å². The lowest BCUT2D eigenvalue weighted by atomic mass is 10.1. The fourth-order valence-electron chi connectivity index (χ4n) is 3.52. The second kappa shape index (κ2) is 9.34. The summed E-state index contributed by atoms with van der Waals surface area (Å²) in [5.41, 5.74) is 0.367. The minimum atomic E-state index is -3.66. The maximum absolute atomic E-state index is 13.0. The number of amides is 1. The largest absolute Gasteiger partial charge is 0.373 e. The molecule has 0 saturated carbocycles. The summed E-state index contributed by atoms with van der Waals surface area (Å²) in [6.07, 6.45) is 1.64. The Morgan fingerprint density at radius 2 is 1.96 bits per heavy atom. The van der Waals surface area contributed by atoms with Crippen molar-refractivity contribution >= 4 is 28.3 Å². The van der Waals surface area contributed by atoms with Crippen molar-refractivity contribution in [3.63, 3.8) is 0 Å². The lowest BCUT2D eigenvalue weighted by Crippen LogP contribution is -2.48. The number of halogens is 1. The first kappa shape index (κ1) is 22.1. The van der Waals surface area contributed by atoms with Crippen molar-refractivity contribution < 1.29 is 17.9 Å². The number of benzene rings is 1. The zero-order valence-corrected chi connectivity index (χ0v) is 17.3. The van der Waals surface area contributed by atoms with Gasteiger partial charge in [0.1, 0.15) is 0 Å². The Balaban J connectivity index is 0.00000261. The van der Waals surface area contributed by atoms with Gasteiger partial charge in [0.25, 0.3) is 5.91 Å². The molecule has 0 bridgehead atoms. The summed E-state index contributed by atoms with van der Waals surface area (Å²) >= 11 is 0. The minimum Gasteiger partial charge on any atom is -0.373 e. The molecule has 1 aromatic rings. The van der Waals surface area contributed by atoms with Gasteiger partial charge in [0.15, 0.2) is 0 Å². The Bertz CT molecular complexity index is 743. The molecule has 2 unspecified atom stereocenters. The topological polar surface area (TPSA) is 87.7 Å². The van der Waals surface area contributed by atoms with Gasteiger partial charge in [0.2, 0.25) is 10.0 Å². The number of nitrogens with zero attached hydrogens (tertiary/aromatic N) is 1. The first-order valence-electron chi connectivity index (χ1n) is 9.13. The first-order chi connectivity index (χ1) is 12.4. The molecule has 2 aliphatic rings. The molecule has 0 aliphatic carbocycles. The summed E-state index contributed by atoms with van der Waals surface area (Å²) in [5.74, 6) is -0.237. The number of piperidine rings is 1. The van der Waals surface area contributed by atoms with Gasteiger partial charge in [-0.15, -0.1) is 12.4 Å². The third kappa shape index (κ3) is 5.42. The molecule has 0 radical (unpaired) electrons. The average molecular weight is 418 g/mol. The molecule has 152 valence electrons. The molecule has 2 aliphatic heterocycles. The average Bonchev–Trinajstić information content (AvgIpc) is 2.62. The molecule has 0 aromatic heterocycles. The van der Waals surface area contributed by atoms with E-state index in [9.17, 15) is 13.2 Å². The van der Waals surface area contributed by atoms with Crippen LogP contribution >= 0.6 is 12.4 Å². The molecule has 0 spiro atoms. The third-order valence-electron chi connectivity index (χ3n) is 4.75. The summed E-state index contributed by atoms with van der Waals surface area (Å²) in [5, 5.41) is 6.23. The third-order valence-corrected chi connectivity index (χ3v) is 6.58. The maximum Gasteiger partial charge on any atom is 0.251 e. The van der Waals surface area contributed by atoms with Crippen LogP contribution in [0.25, 0.3) is 0 Å². The Kier molecular flexibility index (Phi) is 7.64. The number of carbonyl (C=O) groups is 1. The van der Waals surface area contributed by atoms with E-state index in [0.29, 0.717) is 18.7 Å². The number of ether oxygens (including phenoxy) is 1. The Morgan fingerprint density at radius 3 is 2.59 bits per heavy atom. The van der Waals surface area contributed by atoms with Gasteiger partial charge in [-0.2, -0.15) is 4.31 Å². The number of hydrogen-bond acceptors (Lipinski definition) is 5. The lowest BCUT2D eigenvalue weighted by molar-refractivity contribution is -0.0440. The zero-order valence-electron chi connectivity index (χ0n) is 15.7. The van der Waals surface area contributed by atoms with Crippen LogP contribution in [-0.4, -0.2) is 63.1 Å². The summed E-state index contributed by atoms with van der Waals surface area (Å²) in [6, 6.07) is 6.35. The minimum absolute atomic E-state index is 0. The van der Waals surface area contributed by atoms with Crippen LogP contribution in [0.2, 0.25) is 0 Å². The van der Waals surface area contributed by atoms with Crippen LogP contribution in [0.15, 0.2) is 29.2 Å². The molecule has 7 nitrogen and oxygen atoms in total. The van der Waals surface area contributed by atoms with Crippen LogP contribution in [0.5, 0.6) is 0 Å². The number of rotatable bonds is 4. The quantitative estimate of drug-likeness (QED) is 0.772. The molecule has 9 heteroatoms. The van der Waals surface area contributed by atoms with E-state index in [0.717, 1.165) is 25.9 Å². The molecule has 3 rings (SSSR count). The van der Waals surface area contributed by atoms with Gasteiger partial charge < -0.3 is 15.4 Å². The van der Waals surface area contributed by atoms with E-state index >= 15 is 0 Å². The van der Waals surface area contributed by atoms with Crippen LogP contribution in [-0.2, 0) is 14.8 Å². The van der Waals surface area contributed by atoms with Crippen molar-refractivity contribution in [1.82, 2.24) is 14.9 Å². The van der Waals surface area contributed by atoms with E-state index in [1.54, 1.807) is 18.2 Å². The van der Waals surface area contributed by atoms with Crippen LogP contribution in [0.3, 0.4) is 0 Å². The molecule has 1 amide bonds. The van der Waals surface area contributed by atoms with Gasteiger partial charge in [-0.05, 0) is 51.4 Å². The van der Waals surface area contributed by atoms with E-state index in [4.69, 9.17) is 4.74 Å². The van der Waals surface area contributed by atoms with Crippen LogP contribution in [0.4, 0.5) is 0 Å². The summed E-state index contributed by atoms with van der Waals surface area (Å²) in [6.45, 7) is 6.07. The molecule has 27 heavy (non-hydrogen) atoms. The Morgan fingerprint density at radius 1 is 1.26 bits per heavy atom. The van der Waals surface area contributed by atoms with Crippen molar-refractivity contribution in [3.05, 3.63) is 29.8 Å². The van der Waals surface area contributed by atoms with E-state index in [-0.39, 0.29) is 41.5 Å². The van der Waals surface area contributed by atoms with E-state index in [1.165, 1.54) is 10.4 Å². The molecule has 1 aromatic carbocycles. The predicted octanol–water partition coefficient (Wildman–Crippen LogP) is 1.39.